The minimum absolute atomic E-state index is 0.0752. The maximum Gasteiger partial charge on any atom is 0.205 e. The van der Waals surface area contributed by atoms with Crippen molar-refractivity contribution in [3.8, 4) is 0 Å². The van der Waals surface area contributed by atoms with E-state index in [1.165, 1.54) is 6.26 Å². The molecule has 1 aliphatic rings. The van der Waals surface area contributed by atoms with Gasteiger partial charge in [0, 0.05) is 12.0 Å². The minimum atomic E-state index is -0.308. The van der Waals surface area contributed by atoms with Gasteiger partial charge in [-0.15, -0.1) is 0 Å². The van der Waals surface area contributed by atoms with Crippen LogP contribution in [0.3, 0.4) is 0 Å². The first-order valence-corrected chi connectivity index (χ1v) is 4.57. The number of furan rings is 1. The fraction of sp³-hybridized carbons (Fsp3) is 0.500. The molecule has 0 aliphatic heterocycles. The van der Waals surface area contributed by atoms with E-state index in [0.29, 0.717) is 12.3 Å². The van der Waals surface area contributed by atoms with Crippen molar-refractivity contribution < 1.29 is 9.21 Å². The Labute approximate surface area is 76.9 Å². The first-order valence-electron chi connectivity index (χ1n) is 4.57. The molecule has 1 aromatic rings. The molecule has 2 N–H and O–H groups in total. The van der Waals surface area contributed by atoms with E-state index in [1.54, 1.807) is 12.1 Å². The van der Waals surface area contributed by atoms with Gasteiger partial charge in [0.05, 0.1) is 6.26 Å². The molecule has 0 atom stereocenters. The molecular weight excluding hydrogens is 166 g/mol. The topological polar surface area (TPSA) is 56.2 Å². The van der Waals surface area contributed by atoms with Gasteiger partial charge in [-0.2, -0.15) is 0 Å². The van der Waals surface area contributed by atoms with E-state index in [-0.39, 0.29) is 11.2 Å². The number of rotatable bonds is 3. The van der Waals surface area contributed by atoms with E-state index in [9.17, 15) is 4.79 Å². The molecule has 13 heavy (non-hydrogen) atoms. The molecule has 0 aromatic carbocycles. The molecule has 3 nitrogen and oxygen atoms in total. The van der Waals surface area contributed by atoms with Crippen LogP contribution in [0, 0.1) is 5.41 Å². The van der Waals surface area contributed by atoms with Gasteiger partial charge in [-0.25, -0.2) is 0 Å². The molecule has 1 aromatic heterocycles. The van der Waals surface area contributed by atoms with Crippen LogP contribution in [-0.4, -0.2) is 12.3 Å². The highest BCUT2D eigenvalue weighted by Gasteiger charge is 2.44. The smallest absolute Gasteiger partial charge is 0.205 e. The Morgan fingerprint density at radius 1 is 1.62 bits per heavy atom. The lowest BCUT2D eigenvalue weighted by atomic mass is 9.65. The Hall–Kier alpha value is -1.09. The van der Waals surface area contributed by atoms with Gasteiger partial charge >= 0.3 is 0 Å². The van der Waals surface area contributed by atoms with Crippen LogP contribution in [-0.2, 0) is 0 Å². The molecule has 70 valence electrons. The van der Waals surface area contributed by atoms with E-state index in [4.69, 9.17) is 10.2 Å². The summed E-state index contributed by atoms with van der Waals surface area (Å²) < 4.78 is 5.07. The fourth-order valence-corrected chi connectivity index (χ4v) is 1.80. The van der Waals surface area contributed by atoms with Crippen molar-refractivity contribution >= 4 is 5.78 Å². The van der Waals surface area contributed by atoms with Crippen LogP contribution in [0.15, 0.2) is 22.8 Å². The van der Waals surface area contributed by atoms with Crippen molar-refractivity contribution in [1.82, 2.24) is 0 Å². The van der Waals surface area contributed by atoms with Crippen molar-refractivity contribution in [2.75, 3.05) is 6.54 Å². The molecule has 0 radical (unpaired) electrons. The number of hydrogen-bond acceptors (Lipinski definition) is 3. The van der Waals surface area contributed by atoms with Crippen LogP contribution < -0.4 is 5.73 Å². The lowest BCUT2D eigenvalue weighted by molar-refractivity contribution is 0.0604. The predicted molar refractivity (Wildman–Crippen MR) is 48.4 cm³/mol. The van der Waals surface area contributed by atoms with E-state index in [0.717, 1.165) is 19.3 Å². The standard InChI is InChI=1S/C10H13NO2/c11-7-10(4-2-5-10)9(12)8-3-1-6-13-8/h1,3,6H,2,4-5,7,11H2. The Morgan fingerprint density at radius 2 is 2.38 bits per heavy atom. The predicted octanol–water partition coefficient (Wildman–Crippen LogP) is 1.59. The van der Waals surface area contributed by atoms with E-state index >= 15 is 0 Å². The second kappa shape index (κ2) is 3.00. The summed E-state index contributed by atoms with van der Waals surface area (Å²) in [5.74, 6) is 0.524. The monoisotopic (exact) mass is 179 g/mol. The maximum atomic E-state index is 11.9. The first kappa shape index (κ1) is 8.51. The lowest BCUT2D eigenvalue weighted by Crippen LogP contribution is -2.44. The van der Waals surface area contributed by atoms with Crippen LogP contribution in [0.1, 0.15) is 29.8 Å². The van der Waals surface area contributed by atoms with E-state index in [2.05, 4.69) is 0 Å². The lowest BCUT2D eigenvalue weighted by Gasteiger charge is -2.38. The van der Waals surface area contributed by atoms with Crippen LogP contribution in [0.2, 0.25) is 0 Å². The number of carbonyl (C=O) groups is 1. The SMILES string of the molecule is NCC1(C(=O)c2ccco2)CCC1. The van der Waals surface area contributed by atoms with Crippen molar-refractivity contribution in [2.24, 2.45) is 11.1 Å². The van der Waals surface area contributed by atoms with Crippen LogP contribution in [0.4, 0.5) is 0 Å². The summed E-state index contributed by atoms with van der Waals surface area (Å²) in [6.07, 6.45) is 4.44. The summed E-state index contributed by atoms with van der Waals surface area (Å²) in [5, 5.41) is 0. The van der Waals surface area contributed by atoms with Crippen molar-refractivity contribution in [1.29, 1.82) is 0 Å². The van der Waals surface area contributed by atoms with Gasteiger partial charge in [-0.3, -0.25) is 4.79 Å². The van der Waals surface area contributed by atoms with Gasteiger partial charge in [0.2, 0.25) is 5.78 Å². The highest BCUT2D eigenvalue weighted by atomic mass is 16.3. The third kappa shape index (κ3) is 1.20. The summed E-state index contributed by atoms with van der Waals surface area (Å²) in [7, 11) is 0. The minimum Gasteiger partial charge on any atom is -0.461 e. The van der Waals surface area contributed by atoms with E-state index < -0.39 is 0 Å². The Morgan fingerprint density at radius 3 is 2.77 bits per heavy atom. The number of nitrogens with two attached hydrogens (primary N) is 1. The average Bonchev–Trinajstić information content (AvgIpc) is 2.54. The van der Waals surface area contributed by atoms with Crippen LogP contribution in [0.25, 0.3) is 0 Å². The summed E-state index contributed by atoms with van der Waals surface area (Å²) in [6.45, 7) is 0.437. The van der Waals surface area contributed by atoms with Gasteiger partial charge in [-0.05, 0) is 25.0 Å². The second-order valence-electron chi connectivity index (χ2n) is 3.64. The van der Waals surface area contributed by atoms with Gasteiger partial charge in [0.15, 0.2) is 5.76 Å². The molecule has 0 spiro atoms. The zero-order chi connectivity index (χ0) is 9.31. The zero-order valence-corrected chi connectivity index (χ0v) is 7.45. The Kier molecular flexibility index (Phi) is 1.96. The van der Waals surface area contributed by atoms with Crippen molar-refractivity contribution in [3.05, 3.63) is 24.2 Å². The number of hydrogen-bond donors (Lipinski definition) is 1. The summed E-state index contributed by atoms with van der Waals surface area (Å²) in [4.78, 5) is 11.9. The van der Waals surface area contributed by atoms with Gasteiger partial charge in [0.1, 0.15) is 0 Å². The van der Waals surface area contributed by atoms with Crippen LogP contribution in [0.5, 0.6) is 0 Å². The molecule has 1 fully saturated rings. The fourth-order valence-electron chi connectivity index (χ4n) is 1.80. The molecule has 0 amide bonds. The summed E-state index contributed by atoms with van der Waals surface area (Å²) >= 11 is 0. The van der Waals surface area contributed by atoms with Gasteiger partial charge in [-0.1, -0.05) is 6.42 Å². The molecule has 2 rings (SSSR count). The highest BCUT2D eigenvalue weighted by molar-refractivity contribution is 5.98. The van der Waals surface area contributed by atoms with Crippen molar-refractivity contribution in [2.45, 2.75) is 19.3 Å². The summed E-state index contributed by atoms with van der Waals surface area (Å²) in [6, 6.07) is 3.44. The third-order valence-electron chi connectivity index (χ3n) is 2.93. The van der Waals surface area contributed by atoms with Gasteiger partial charge < -0.3 is 10.2 Å². The molecule has 1 heterocycles. The first-order chi connectivity index (χ1) is 6.28. The molecule has 0 saturated heterocycles. The molecule has 3 heteroatoms. The van der Waals surface area contributed by atoms with E-state index in [1.807, 2.05) is 0 Å². The largest absolute Gasteiger partial charge is 0.461 e. The van der Waals surface area contributed by atoms with Crippen LogP contribution >= 0.6 is 0 Å². The molecule has 0 unspecified atom stereocenters. The second-order valence-corrected chi connectivity index (χ2v) is 3.64. The molecule has 1 aliphatic carbocycles. The number of Topliss-reactive ketones (excluding diaryl/α,β-unsaturated/α-hetero) is 1. The number of carbonyl (C=O) groups excluding carboxylic acids is 1. The molecule has 1 saturated carbocycles. The Balaban J connectivity index is 2.21. The third-order valence-corrected chi connectivity index (χ3v) is 2.93. The normalized spacial score (nSPS) is 19.5. The van der Waals surface area contributed by atoms with Crippen molar-refractivity contribution in [3.63, 3.8) is 0 Å². The quantitative estimate of drug-likeness (QED) is 0.717. The summed E-state index contributed by atoms with van der Waals surface area (Å²) in [5.41, 5.74) is 5.31. The average molecular weight is 179 g/mol. The Bertz CT molecular complexity index is 293. The molecular formula is C10H13NO2. The number of ketones is 1. The maximum absolute atomic E-state index is 11.9. The zero-order valence-electron chi connectivity index (χ0n) is 7.45. The highest BCUT2D eigenvalue weighted by Crippen LogP contribution is 2.42. The van der Waals surface area contributed by atoms with Gasteiger partial charge in [0.25, 0.3) is 0 Å². The molecule has 0 bridgehead atoms.